The van der Waals surface area contributed by atoms with E-state index in [2.05, 4.69) is 71.5 Å². The molecule has 1 amide bonds. The van der Waals surface area contributed by atoms with Crippen LogP contribution in [0, 0.1) is 0 Å². The lowest BCUT2D eigenvalue weighted by Gasteiger charge is -2.31. The van der Waals surface area contributed by atoms with Gasteiger partial charge in [0.25, 0.3) is 5.91 Å². The van der Waals surface area contributed by atoms with Crippen molar-refractivity contribution in [1.82, 2.24) is 9.55 Å². The van der Waals surface area contributed by atoms with Crippen molar-refractivity contribution in [3.63, 3.8) is 0 Å². The van der Waals surface area contributed by atoms with E-state index >= 15 is 0 Å². The second kappa shape index (κ2) is 8.58. The molecular weight excluding hydrogens is 408 g/mol. The molecule has 2 N–H and O–H groups in total. The van der Waals surface area contributed by atoms with Gasteiger partial charge in [0.1, 0.15) is 0 Å². The van der Waals surface area contributed by atoms with Crippen LogP contribution >= 0.6 is 0 Å². The molecule has 4 aromatic rings. The fourth-order valence-corrected chi connectivity index (χ4v) is 4.53. The molecule has 0 spiro atoms. The molecule has 0 fully saturated rings. The minimum Gasteiger partial charge on any atom is -0.329 e. The Balaban J connectivity index is 1.61. The Bertz CT molecular complexity index is 1350. The van der Waals surface area contributed by atoms with Crippen LogP contribution < -0.4 is 10.6 Å². The molecule has 166 valence electrons. The Morgan fingerprint density at radius 3 is 2.24 bits per heavy atom. The summed E-state index contributed by atoms with van der Waals surface area (Å²) in [5, 5.41) is 6.49. The van der Waals surface area contributed by atoms with E-state index in [1.807, 2.05) is 37.3 Å². The van der Waals surface area contributed by atoms with Gasteiger partial charge in [0.2, 0.25) is 5.95 Å². The normalized spacial score (nSPS) is 15.3. The maximum absolute atomic E-state index is 13.7. The number of fused-ring (bicyclic) bond motifs is 3. The van der Waals surface area contributed by atoms with Crippen LogP contribution in [0.5, 0.6) is 0 Å². The maximum Gasteiger partial charge on any atom is 0.255 e. The first kappa shape index (κ1) is 21.0. The summed E-state index contributed by atoms with van der Waals surface area (Å²) in [7, 11) is 0. The van der Waals surface area contributed by atoms with Crippen LogP contribution in [0.4, 0.5) is 11.6 Å². The Morgan fingerprint density at radius 2 is 1.58 bits per heavy atom. The van der Waals surface area contributed by atoms with E-state index in [-0.39, 0.29) is 11.9 Å². The van der Waals surface area contributed by atoms with Gasteiger partial charge in [-0.3, -0.25) is 9.36 Å². The smallest absolute Gasteiger partial charge is 0.255 e. The molecule has 0 aliphatic carbocycles. The molecule has 5 heteroatoms. The number of imidazole rings is 1. The highest BCUT2D eigenvalue weighted by Crippen LogP contribution is 2.39. The number of allylic oxidation sites excluding steroid dienone is 1. The fourth-order valence-electron chi connectivity index (χ4n) is 4.53. The van der Waals surface area contributed by atoms with E-state index in [1.165, 1.54) is 11.1 Å². The van der Waals surface area contributed by atoms with E-state index in [9.17, 15) is 4.79 Å². The van der Waals surface area contributed by atoms with E-state index in [1.54, 1.807) is 0 Å². The Morgan fingerprint density at radius 1 is 0.939 bits per heavy atom. The number of aryl methyl sites for hydroxylation is 2. The number of carbonyl (C=O) groups is 1. The number of benzene rings is 3. The monoisotopic (exact) mass is 436 g/mol. The number of nitrogens with zero attached hydrogens (tertiary/aromatic N) is 2. The minimum absolute atomic E-state index is 0.114. The van der Waals surface area contributed by atoms with Crippen LogP contribution in [0.2, 0.25) is 0 Å². The average molecular weight is 437 g/mol. The van der Waals surface area contributed by atoms with Gasteiger partial charge in [-0.25, -0.2) is 4.98 Å². The summed E-state index contributed by atoms with van der Waals surface area (Å²) in [6.45, 7) is 6.22. The van der Waals surface area contributed by atoms with Crippen molar-refractivity contribution < 1.29 is 4.79 Å². The first-order valence-corrected chi connectivity index (χ1v) is 11.5. The van der Waals surface area contributed by atoms with Gasteiger partial charge in [-0.2, -0.15) is 0 Å². The van der Waals surface area contributed by atoms with Crippen molar-refractivity contribution in [1.29, 1.82) is 0 Å². The van der Waals surface area contributed by atoms with Crippen LogP contribution in [-0.2, 0) is 17.6 Å². The van der Waals surface area contributed by atoms with E-state index in [0.29, 0.717) is 5.57 Å². The number of hydrogen-bond donors (Lipinski definition) is 2. The molecule has 2 heterocycles. The summed E-state index contributed by atoms with van der Waals surface area (Å²) in [5.41, 5.74) is 7.76. The second-order valence-corrected chi connectivity index (χ2v) is 8.46. The number of hydrogen-bond acceptors (Lipinski definition) is 3. The second-order valence-electron chi connectivity index (χ2n) is 8.46. The van der Waals surface area contributed by atoms with Gasteiger partial charge < -0.3 is 10.6 Å². The third-order valence-electron chi connectivity index (χ3n) is 6.40. The summed E-state index contributed by atoms with van der Waals surface area (Å²) in [6.07, 6.45) is 1.94. The lowest BCUT2D eigenvalue weighted by atomic mass is 9.93. The van der Waals surface area contributed by atoms with Crippen molar-refractivity contribution in [2.75, 3.05) is 10.6 Å². The lowest BCUT2D eigenvalue weighted by molar-refractivity contribution is -0.113. The van der Waals surface area contributed by atoms with Crippen molar-refractivity contribution in [3.8, 4) is 0 Å². The zero-order valence-electron chi connectivity index (χ0n) is 19.2. The molecule has 0 radical (unpaired) electrons. The van der Waals surface area contributed by atoms with E-state index < -0.39 is 0 Å². The minimum atomic E-state index is -0.283. The molecule has 0 unspecified atom stereocenters. The van der Waals surface area contributed by atoms with Crippen molar-refractivity contribution in [2.45, 2.75) is 39.7 Å². The van der Waals surface area contributed by atoms with Crippen LogP contribution in [-0.4, -0.2) is 15.5 Å². The fraction of sp³-hybridized carbons (Fsp3) is 0.214. The Hall–Kier alpha value is -3.86. The van der Waals surface area contributed by atoms with Gasteiger partial charge >= 0.3 is 0 Å². The number of para-hydroxylation sites is 2. The Labute approximate surface area is 194 Å². The number of nitrogens with one attached hydrogen (secondary N) is 2. The summed E-state index contributed by atoms with van der Waals surface area (Å²) >= 11 is 0. The average Bonchev–Trinajstić information content (AvgIpc) is 3.21. The van der Waals surface area contributed by atoms with Crippen molar-refractivity contribution >= 4 is 28.6 Å². The van der Waals surface area contributed by atoms with Gasteiger partial charge in [-0.05, 0) is 60.7 Å². The van der Waals surface area contributed by atoms with Crippen LogP contribution in [0.15, 0.2) is 84.1 Å². The number of aromatic nitrogens is 2. The summed E-state index contributed by atoms with van der Waals surface area (Å²) in [6, 6.07) is 24.4. The van der Waals surface area contributed by atoms with E-state index in [4.69, 9.17) is 4.98 Å². The van der Waals surface area contributed by atoms with Crippen LogP contribution in [0.1, 0.15) is 43.5 Å². The number of anilines is 2. The molecular formula is C28H28N4O. The standard InChI is InChI=1S/C28H28N4O/c1-4-19-10-14-21(15-11-19)26-25(27(33)30-22-16-12-20(5-2)13-17-22)18(3)29-28-31-23-8-6-7-9-24(23)32(26)28/h6-17,26H,4-5H2,1-3H3,(H,29,31)(H,30,33)/t26-/m0/s1. The molecule has 5 nitrogen and oxygen atoms in total. The lowest BCUT2D eigenvalue weighted by Crippen LogP contribution is -2.30. The Kier molecular flexibility index (Phi) is 5.47. The third-order valence-corrected chi connectivity index (χ3v) is 6.40. The highest BCUT2D eigenvalue weighted by atomic mass is 16.1. The number of amides is 1. The highest BCUT2D eigenvalue weighted by molar-refractivity contribution is 6.06. The number of rotatable bonds is 5. The summed E-state index contributed by atoms with van der Waals surface area (Å²) in [5.74, 6) is 0.638. The molecule has 0 saturated heterocycles. The summed E-state index contributed by atoms with van der Waals surface area (Å²) < 4.78 is 2.14. The van der Waals surface area contributed by atoms with Gasteiger partial charge in [0.05, 0.1) is 22.6 Å². The van der Waals surface area contributed by atoms with Gasteiger partial charge in [0.15, 0.2) is 0 Å². The molecule has 1 atom stereocenters. The number of carbonyl (C=O) groups excluding carboxylic acids is 1. The van der Waals surface area contributed by atoms with E-state index in [0.717, 1.165) is 46.8 Å². The highest BCUT2D eigenvalue weighted by Gasteiger charge is 2.34. The predicted octanol–water partition coefficient (Wildman–Crippen LogP) is 6.09. The van der Waals surface area contributed by atoms with Crippen LogP contribution in [0.3, 0.4) is 0 Å². The van der Waals surface area contributed by atoms with Gasteiger partial charge in [0, 0.05) is 11.4 Å². The van der Waals surface area contributed by atoms with Crippen LogP contribution in [0.25, 0.3) is 11.0 Å². The first-order valence-electron chi connectivity index (χ1n) is 11.5. The molecule has 0 bridgehead atoms. The third kappa shape index (κ3) is 3.80. The van der Waals surface area contributed by atoms with Crippen molar-refractivity contribution in [3.05, 3.63) is 101 Å². The zero-order valence-corrected chi connectivity index (χ0v) is 19.2. The largest absolute Gasteiger partial charge is 0.329 e. The molecule has 1 aliphatic rings. The zero-order chi connectivity index (χ0) is 22.9. The molecule has 3 aromatic carbocycles. The summed E-state index contributed by atoms with van der Waals surface area (Å²) in [4.78, 5) is 18.5. The maximum atomic E-state index is 13.7. The molecule has 0 saturated carbocycles. The predicted molar refractivity (Wildman–Crippen MR) is 134 cm³/mol. The topological polar surface area (TPSA) is 59.0 Å². The van der Waals surface area contributed by atoms with Crippen molar-refractivity contribution in [2.24, 2.45) is 0 Å². The first-order chi connectivity index (χ1) is 16.1. The molecule has 33 heavy (non-hydrogen) atoms. The molecule has 5 rings (SSSR count). The van der Waals surface area contributed by atoms with Gasteiger partial charge in [-0.1, -0.05) is 62.4 Å². The molecule has 1 aromatic heterocycles. The quantitative estimate of drug-likeness (QED) is 0.398. The SMILES string of the molecule is CCc1ccc(NC(=O)C2=C(C)Nc3nc4ccccc4n3[C@H]2c2ccc(CC)cc2)cc1. The molecule has 1 aliphatic heterocycles. The van der Waals surface area contributed by atoms with Gasteiger partial charge in [-0.15, -0.1) is 0 Å².